The Labute approximate surface area is 131 Å². The summed E-state index contributed by atoms with van der Waals surface area (Å²) in [5.41, 5.74) is 0.610. The SMILES string of the molecule is COC[C@@H]1CCCN(C(=O)c2ccc(N(C)CCO)nc2)C1. The number of piperidine rings is 1. The van der Waals surface area contributed by atoms with Crippen molar-refractivity contribution < 1.29 is 14.6 Å². The molecule has 0 radical (unpaired) electrons. The summed E-state index contributed by atoms with van der Waals surface area (Å²) in [7, 11) is 3.56. The molecule has 0 aliphatic carbocycles. The van der Waals surface area contributed by atoms with Gasteiger partial charge in [0.2, 0.25) is 0 Å². The van der Waals surface area contributed by atoms with E-state index in [1.807, 2.05) is 22.9 Å². The van der Waals surface area contributed by atoms with Gasteiger partial charge in [-0.15, -0.1) is 0 Å². The Balaban J connectivity index is 2.00. The summed E-state index contributed by atoms with van der Waals surface area (Å²) >= 11 is 0. The van der Waals surface area contributed by atoms with Gasteiger partial charge in [0.05, 0.1) is 18.8 Å². The topological polar surface area (TPSA) is 65.9 Å². The molecular weight excluding hydrogens is 282 g/mol. The first-order chi connectivity index (χ1) is 10.7. The van der Waals surface area contributed by atoms with E-state index < -0.39 is 0 Å². The molecule has 0 bridgehead atoms. The highest BCUT2D eigenvalue weighted by molar-refractivity contribution is 5.94. The zero-order valence-electron chi connectivity index (χ0n) is 13.4. The third-order valence-electron chi connectivity index (χ3n) is 4.03. The van der Waals surface area contributed by atoms with Crippen molar-refractivity contribution in [1.82, 2.24) is 9.88 Å². The third-order valence-corrected chi connectivity index (χ3v) is 4.03. The van der Waals surface area contributed by atoms with E-state index in [1.54, 1.807) is 19.4 Å². The maximum Gasteiger partial charge on any atom is 0.255 e. The number of aliphatic hydroxyl groups is 1. The van der Waals surface area contributed by atoms with E-state index in [1.165, 1.54) is 0 Å². The van der Waals surface area contributed by atoms with E-state index in [0.29, 0.717) is 24.6 Å². The van der Waals surface area contributed by atoms with Crippen LogP contribution in [0.15, 0.2) is 18.3 Å². The van der Waals surface area contributed by atoms with Crippen LogP contribution in [0.2, 0.25) is 0 Å². The molecule has 1 aromatic heterocycles. The number of anilines is 1. The van der Waals surface area contributed by atoms with E-state index in [-0.39, 0.29) is 12.5 Å². The molecular formula is C16H25N3O3. The molecule has 1 aromatic rings. The minimum atomic E-state index is 0.0321. The van der Waals surface area contributed by atoms with Gasteiger partial charge in [0.15, 0.2) is 0 Å². The summed E-state index contributed by atoms with van der Waals surface area (Å²) in [6.45, 7) is 2.84. The van der Waals surface area contributed by atoms with Crippen molar-refractivity contribution in [1.29, 1.82) is 0 Å². The van der Waals surface area contributed by atoms with Crippen molar-refractivity contribution in [3.05, 3.63) is 23.9 Å². The van der Waals surface area contributed by atoms with Gasteiger partial charge in [0.25, 0.3) is 5.91 Å². The van der Waals surface area contributed by atoms with E-state index in [2.05, 4.69) is 4.98 Å². The second-order valence-electron chi connectivity index (χ2n) is 5.76. The standard InChI is InChI=1S/C16H25N3O3/c1-18(8-9-20)15-6-5-14(10-17-15)16(21)19-7-3-4-13(11-19)12-22-2/h5-6,10,13,20H,3-4,7-9,11-12H2,1-2H3/t13-/m1/s1. The maximum absolute atomic E-state index is 12.5. The van der Waals surface area contributed by atoms with Gasteiger partial charge >= 0.3 is 0 Å². The number of hydrogen-bond donors (Lipinski definition) is 1. The van der Waals surface area contributed by atoms with Crippen LogP contribution in [0.1, 0.15) is 23.2 Å². The highest BCUT2D eigenvalue weighted by atomic mass is 16.5. The van der Waals surface area contributed by atoms with Crippen molar-refractivity contribution >= 4 is 11.7 Å². The van der Waals surface area contributed by atoms with Gasteiger partial charge < -0.3 is 19.6 Å². The molecule has 1 amide bonds. The number of ether oxygens (including phenoxy) is 1. The van der Waals surface area contributed by atoms with Crippen molar-refractivity contribution in [2.75, 3.05) is 51.9 Å². The Morgan fingerprint density at radius 3 is 3.00 bits per heavy atom. The number of nitrogens with zero attached hydrogens (tertiary/aromatic N) is 3. The number of pyridine rings is 1. The number of likely N-dealkylation sites (tertiary alicyclic amines) is 1. The molecule has 1 fully saturated rings. The zero-order valence-corrected chi connectivity index (χ0v) is 13.4. The van der Waals surface area contributed by atoms with Gasteiger partial charge in [-0.05, 0) is 30.9 Å². The predicted octanol–water partition coefficient (Wildman–Crippen LogP) is 1.01. The van der Waals surface area contributed by atoms with Crippen LogP contribution in [-0.2, 0) is 4.74 Å². The van der Waals surface area contributed by atoms with Crippen LogP contribution in [0, 0.1) is 5.92 Å². The largest absolute Gasteiger partial charge is 0.395 e. The van der Waals surface area contributed by atoms with E-state index in [4.69, 9.17) is 9.84 Å². The number of carbonyl (C=O) groups excluding carboxylic acids is 1. The molecule has 122 valence electrons. The first-order valence-electron chi connectivity index (χ1n) is 7.72. The summed E-state index contributed by atoms with van der Waals surface area (Å²) in [5, 5.41) is 8.94. The quantitative estimate of drug-likeness (QED) is 0.849. The van der Waals surface area contributed by atoms with Gasteiger partial charge in [0, 0.05) is 40.0 Å². The number of rotatable bonds is 6. The van der Waals surface area contributed by atoms with Gasteiger partial charge in [0.1, 0.15) is 5.82 Å². The molecule has 6 nitrogen and oxygen atoms in total. The van der Waals surface area contributed by atoms with Crippen LogP contribution in [0.3, 0.4) is 0 Å². The maximum atomic E-state index is 12.5. The summed E-state index contributed by atoms with van der Waals surface area (Å²) < 4.78 is 5.20. The molecule has 2 rings (SSSR count). The number of aliphatic hydroxyl groups excluding tert-OH is 1. The number of aromatic nitrogens is 1. The van der Waals surface area contributed by atoms with Crippen molar-refractivity contribution in [3.63, 3.8) is 0 Å². The second kappa shape index (κ2) is 8.10. The van der Waals surface area contributed by atoms with Crippen LogP contribution in [0.25, 0.3) is 0 Å². The second-order valence-corrected chi connectivity index (χ2v) is 5.76. The van der Waals surface area contributed by atoms with E-state index in [9.17, 15) is 4.79 Å². The molecule has 6 heteroatoms. The molecule has 22 heavy (non-hydrogen) atoms. The van der Waals surface area contributed by atoms with Gasteiger partial charge in [-0.25, -0.2) is 4.98 Å². The van der Waals surface area contributed by atoms with Crippen LogP contribution < -0.4 is 4.90 Å². The number of amides is 1. The zero-order chi connectivity index (χ0) is 15.9. The number of hydrogen-bond acceptors (Lipinski definition) is 5. The Bertz CT molecular complexity index is 476. The minimum Gasteiger partial charge on any atom is -0.395 e. The van der Waals surface area contributed by atoms with Gasteiger partial charge in [-0.1, -0.05) is 0 Å². The van der Waals surface area contributed by atoms with E-state index >= 15 is 0 Å². The van der Waals surface area contributed by atoms with Crippen LogP contribution in [0.4, 0.5) is 5.82 Å². The van der Waals surface area contributed by atoms with Crippen molar-refractivity contribution in [2.45, 2.75) is 12.8 Å². The molecule has 0 spiro atoms. The average molecular weight is 307 g/mol. The summed E-state index contributed by atoms with van der Waals surface area (Å²) in [5.74, 6) is 1.21. The molecule has 1 saturated heterocycles. The summed E-state index contributed by atoms with van der Waals surface area (Å²) in [6.07, 6.45) is 3.75. The minimum absolute atomic E-state index is 0.0321. The number of carbonyl (C=O) groups is 1. The Morgan fingerprint density at radius 1 is 1.55 bits per heavy atom. The number of likely N-dealkylation sites (N-methyl/N-ethyl adjacent to an activating group) is 1. The molecule has 1 N–H and O–H groups in total. The lowest BCUT2D eigenvalue weighted by molar-refractivity contribution is 0.0570. The first kappa shape index (κ1) is 16.7. The fourth-order valence-electron chi connectivity index (χ4n) is 2.81. The molecule has 0 aromatic carbocycles. The fraction of sp³-hybridized carbons (Fsp3) is 0.625. The highest BCUT2D eigenvalue weighted by Crippen LogP contribution is 2.19. The number of methoxy groups -OCH3 is 1. The predicted molar refractivity (Wildman–Crippen MR) is 85.1 cm³/mol. The van der Waals surface area contributed by atoms with Crippen LogP contribution >= 0.6 is 0 Å². The molecule has 1 aliphatic rings. The highest BCUT2D eigenvalue weighted by Gasteiger charge is 2.24. The summed E-state index contributed by atoms with van der Waals surface area (Å²) in [6, 6.07) is 3.62. The third kappa shape index (κ3) is 4.18. The lowest BCUT2D eigenvalue weighted by Gasteiger charge is -2.32. The summed E-state index contributed by atoms with van der Waals surface area (Å²) in [4.78, 5) is 20.6. The Kier molecular flexibility index (Phi) is 6.15. The Morgan fingerprint density at radius 2 is 2.36 bits per heavy atom. The molecule has 0 saturated carbocycles. The Hall–Kier alpha value is -1.66. The molecule has 1 aliphatic heterocycles. The molecule has 2 heterocycles. The van der Waals surface area contributed by atoms with Gasteiger partial charge in [-0.2, -0.15) is 0 Å². The van der Waals surface area contributed by atoms with Crippen LogP contribution in [0.5, 0.6) is 0 Å². The van der Waals surface area contributed by atoms with Crippen molar-refractivity contribution in [2.24, 2.45) is 5.92 Å². The lowest BCUT2D eigenvalue weighted by atomic mass is 9.98. The lowest BCUT2D eigenvalue weighted by Crippen LogP contribution is -2.41. The molecule has 1 atom stereocenters. The van der Waals surface area contributed by atoms with Crippen LogP contribution in [-0.4, -0.2) is 67.9 Å². The fourth-order valence-corrected chi connectivity index (χ4v) is 2.81. The first-order valence-corrected chi connectivity index (χ1v) is 7.72. The monoisotopic (exact) mass is 307 g/mol. The smallest absolute Gasteiger partial charge is 0.255 e. The van der Waals surface area contributed by atoms with Crippen molar-refractivity contribution in [3.8, 4) is 0 Å². The molecule has 0 unspecified atom stereocenters. The van der Waals surface area contributed by atoms with E-state index in [0.717, 1.165) is 31.7 Å². The van der Waals surface area contributed by atoms with Gasteiger partial charge in [-0.3, -0.25) is 4.79 Å². The normalized spacial score (nSPS) is 18.3. The average Bonchev–Trinajstić information content (AvgIpc) is 2.55.